The first-order valence-corrected chi connectivity index (χ1v) is 7.35. The second-order valence-corrected chi connectivity index (χ2v) is 5.18. The summed E-state index contributed by atoms with van der Waals surface area (Å²) >= 11 is 0. The van der Waals surface area contributed by atoms with Crippen LogP contribution in [0.1, 0.15) is 26.7 Å². The lowest BCUT2D eigenvalue weighted by Crippen LogP contribution is -2.43. The minimum absolute atomic E-state index is 0.190. The number of anilines is 1. The fourth-order valence-electron chi connectivity index (χ4n) is 1.98. The largest absolute Gasteiger partial charge is 0.388 e. The summed E-state index contributed by atoms with van der Waals surface area (Å²) in [4.78, 5) is 11.8. The summed E-state index contributed by atoms with van der Waals surface area (Å²) in [6.07, 6.45) is 1.15. The summed E-state index contributed by atoms with van der Waals surface area (Å²) in [6.45, 7) is 3.95. The Morgan fingerprint density at radius 3 is 2.59 bits per heavy atom. The molecule has 0 unspecified atom stereocenters. The van der Waals surface area contributed by atoms with Crippen LogP contribution in [-0.2, 0) is 0 Å². The van der Waals surface area contributed by atoms with Crippen LogP contribution in [0, 0.1) is 0 Å². The number of rotatable bonds is 6. The molecule has 3 N–H and O–H groups in total. The zero-order valence-corrected chi connectivity index (χ0v) is 12.8. The second kappa shape index (κ2) is 7.09. The highest BCUT2D eigenvalue weighted by Gasteiger charge is 2.22. The van der Waals surface area contributed by atoms with E-state index in [4.69, 9.17) is 4.52 Å². The van der Waals surface area contributed by atoms with E-state index in [-0.39, 0.29) is 6.54 Å². The number of benzene rings is 1. The minimum atomic E-state index is -0.879. The Kier molecular flexibility index (Phi) is 5.16. The van der Waals surface area contributed by atoms with E-state index in [0.717, 1.165) is 5.56 Å². The van der Waals surface area contributed by atoms with Crippen molar-refractivity contribution < 1.29 is 14.4 Å². The normalized spacial score (nSPS) is 11.2. The molecule has 0 aliphatic rings. The third kappa shape index (κ3) is 4.08. The maximum Gasteiger partial charge on any atom is 0.320 e. The molecule has 2 amide bonds. The Hall–Kier alpha value is -2.34. The van der Waals surface area contributed by atoms with Gasteiger partial charge in [-0.1, -0.05) is 49.3 Å². The number of hydrogen-bond acceptors (Lipinski definition) is 4. The van der Waals surface area contributed by atoms with Crippen molar-refractivity contribution in [1.29, 1.82) is 0 Å². The zero-order valence-electron chi connectivity index (χ0n) is 12.8. The van der Waals surface area contributed by atoms with Crippen LogP contribution in [0.25, 0.3) is 11.3 Å². The Balaban J connectivity index is 1.92. The predicted molar refractivity (Wildman–Crippen MR) is 84.5 cm³/mol. The van der Waals surface area contributed by atoms with Crippen molar-refractivity contribution >= 4 is 11.8 Å². The Morgan fingerprint density at radius 1 is 1.27 bits per heavy atom. The fraction of sp³-hybridized carbons (Fsp3) is 0.375. The van der Waals surface area contributed by atoms with Gasteiger partial charge in [0.25, 0.3) is 0 Å². The van der Waals surface area contributed by atoms with Crippen LogP contribution >= 0.6 is 0 Å². The average Bonchev–Trinajstić information content (AvgIpc) is 3.02. The van der Waals surface area contributed by atoms with Gasteiger partial charge in [-0.3, -0.25) is 5.32 Å². The van der Waals surface area contributed by atoms with Crippen molar-refractivity contribution in [2.24, 2.45) is 0 Å². The van der Waals surface area contributed by atoms with Crippen molar-refractivity contribution in [2.45, 2.75) is 32.3 Å². The maximum atomic E-state index is 11.8. The van der Waals surface area contributed by atoms with Crippen LogP contribution in [0.5, 0.6) is 0 Å². The summed E-state index contributed by atoms with van der Waals surface area (Å²) in [5.74, 6) is 0.905. The van der Waals surface area contributed by atoms with Crippen molar-refractivity contribution in [3.05, 3.63) is 36.4 Å². The van der Waals surface area contributed by atoms with Gasteiger partial charge in [-0.05, 0) is 12.8 Å². The number of aromatic nitrogens is 1. The molecule has 0 aliphatic carbocycles. The smallest absolute Gasteiger partial charge is 0.320 e. The summed E-state index contributed by atoms with van der Waals surface area (Å²) in [7, 11) is 0. The van der Waals surface area contributed by atoms with E-state index in [0.29, 0.717) is 24.4 Å². The van der Waals surface area contributed by atoms with Crippen molar-refractivity contribution in [2.75, 3.05) is 11.9 Å². The molecule has 0 saturated carbocycles. The molecular weight excluding hydrogens is 282 g/mol. The number of carbonyl (C=O) groups excluding carboxylic acids is 1. The molecule has 1 aromatic heterocycles. The molecule has 1 aromatic carbocycles. The maximum absolute atomic E-state index is 11.8. The zero-order chi connectivity index (χ0) is 16.0. The van der Waals surface area contributed by atoms with Gasteiger partial charge in [-0.2, -0.15) is 0 Å². The van der Waals surface area contributed by atoms with E-state index in [1.807, 2.05) is 44.2 Å². The number of carbonyl (C=O) groups is 1. The monoisotopic (exact) mass is 303 g/mol. The number of urea groups is 1. The quantitative estimate of drug-likeness (QED) is 0.765. The van der Waals surface area contributed by atoms with Gasteiger partial charge in [-0.15, -0.1) is 0 Å². The molecule has 6 nitrogen and oxygen atoms in total. The van der Waals surface area contributed by atoms with Gasteiger partial charge in [-0.25, -0.2) is 4.79 Å². The lowest BCUT2D eigenvalue weighted by Gasteiger charge is -2.25. The van der Waals surface area contributed by atoms with Gasteiger partial charge in [0.05, 0.1) is 5.60 Å². The molecule has 6 heteroatoms. The molecule has 0 spiro atoms. The molecule has 1 heterocycles. The summed E-state index contributed by atoms with van der Waals surface area (Å²) in [5, 5.41) is 19.2. The van der Waals surface area contributed by atoms with E-state index < -0.39 is 11.6 Å². The fourth-order valence-corrected chi connectivity index (χ4v) is 1.98. The number of nitrogens with zero attached hydrogens (tertiary/aromatic N) is 1. The SMILES string of the molecule is CCC(O)(CC)CNC(=O)Nc1cc(-c2ccccc2)on1. The van der Waals surface area contributed by atoms with Gasteiger partial charge < -0.3 is 14.9 Å². The number of aliphatic hydroxyl groups is 1. The first kappa shape index (κ1) is 16.0. The third-order valence-electron chi connectivity index (χ3n) is 3.70. The highest BCUT2D eigenvalue weighted by Crippen LogP contribution is 2.21. The minimum Gasteiger partial charge on any atom is -0.388 e. The molecule has 118 valence electrons. The molecule has 0 saturated heterocycles. The van der Waals surface area contributed by atoms with Crippen molar-refractivity contribution in [3.8, 4) is 11.3 Å². The lowest BCUT2D eigenvalue weighted by atomic mass is 9.98. The van der Waals surface area contributed by atoms with Crippen LogP contribution in [0.15, 0.2) is 40.9 Å². The van der Waals surface area contributed by atoms with Gasteiger partial charge in [0.2, 0.25) is 0 Å². The summed E-state index contributed by atoms with van der Waals surface area (Å²) in [5.41, 5.74) is 0.00547. The molecule has 0 radical (unpaired) electrons. The van der Waals surface area contributed by atoms with E-state index >= 15 is 0 Å². The Morgan fingerprint density at radius 2 is 1.95 bits per heavy atom. The molecule has 2 aromatic rings. The van der Waals surface area contributed by atoms with Crippen LogP contribution in [0.2, 0.25) is 0 Å². The van der Waals surface area contributed by atoms with Crippen LogP contribution in [0.3, 0.4) is 0 Å². The van der Waals surface area contributed by atoms with Gasteiger partial charge in [0, 0.05) is 18.2 Å². The number of hydrogen-bond donors (Lipinski definition) is 3. The molecule has 0 fully saturated rings. The highest BCUT2D eigenvalue weighted by molar-refractivity contribution is 5.88. The topological polar surface area (TPSA) is 87.4 Å². The summed E-state index contributed by atoms with van der Waals surface area (Å²) in [6, 6.07) is 10.7. The Bertz CT molecular complexity index is 606. The van der Waals surface area contributed by atoms with E-state index in [9.17, 15) is 9.90 Å². The van der Waals surface area contributed by atoms with Crippen LogP contribution in [0.4, 0.5) is 10.6 Å². The van der Waals surface area contributed by atoms with Crippen LogP contribution in [-0.4, -0.2) is 28.4 Å². The highest BCUT2D eigenvalue weighted by atomic mass is 16.5. The molecule has 2 rings (SSSR count). The van der Waals surface area contributed by atoms with E-state index in [1.54, 1.807) is 6.07 Å². The van der Waals surface area contributed by atoms with E-state index in [2.05, 4.69) is 15.8 Å². The molecule has 0 bridgehead atoms. The molecule has 0 aliphatic heterocycles. The summed E-state index contributed by atoms with van der Waals surface area (Å²) < 4.78 is 5.20. The van der Waals surface area contributed by atoms with Gasteiger partial charge >= 0.3 is 6.03 Å². The molecule has 22 heavy (non-hydrogen) atoms. The van der Waals surface area contributed by atoms with Crippen molar-refractivity contribution in [1.82, 2.24) is 10.5 Å². The standard InChI is InChI=1S/C16H21N3O3/c1-3-16(21,4-2)11-17-15(20)18-14-10-13(22-19-14)12-8-6-5-7-9-12/h5-10,21H,3-4,11H2,1-2H3,(H2,17,18,19,20). The van der Waals surface area contributed by atoms with Gasteiger partial charge in [0.15, 0.2) is 11.6 Å². The predicted octanol–water partition coefficient (Wildman–Crippen LogP) is 3.01. The number of amides is 2. The van der Waals surface area contributed by atoms with E-state index in [1.165, 1.54) is 0 Å². The third-order valence-corrected chi connectivity index (χ3v) is 3.70. The second-order valence-electron chi connectivity index (χ2n) is 5.18. The number of nitrogens with one attached hydrogen (secondary N) is 2. The van der Waals surface area contributed by atoms with Crippen LogP contribution < -0.4 is 10.6 Å². The van der Waals surface area contributed by atoms with Crippen molar-refractivity contribution in [3.63, 3.8) is 0 Å². The molecular formula is C16H21N3O3. The first-order valence-electron chi connectivity index (χ1n) is 7.35. The Labute approximate surface area is 129 Å². The van der Waals surface area contributed by atoms with Gasteiger partial charge in [0.1, 0.15) is 0 Å². The molecule has 0 atom stereocenters. The average molecular weight is 303 g/mol. The first-order chi connectivity index (χ1) is 10.6. The lowest BCUT2D eigenvalue weighted by molar-refractivity contribution is 0.0354.